The predicted octanol–water partition coefficient (Wildman–Crippen LogP) is 6.58. The average Bonchev–Trinajstić information content (AvgIpc) is 3.24. The zero-order valence-corrected chi connectivity index (χ0v) is 20.1. The van der Waals surface area contributed by atoms with E-state index in [-0.39, 0.29) is 11.8 Å². The minimum Gasteiger partial charge on any atom is -0.313 e. The fraction of sp³-hybridized carbons (Fsp3) is 0.375. The van der Waals surface area contributed by atoms with E-state index in [0.717, 1.165) is 29.8 Å². The molecular formula is C24H24Cl2N4OS. The number of halogens is 2. The molecule has 5 rings (SSSR count). The second-order valence-electron chi connectivity index (χ2n) is 8.53. The molecule has 32 heavy (non-hydrogen) atoms. The quantitative estimate of drug-likeness (QED) is 0.421. The molecule has 1 saturated carbocycles. The molecule has 1 N–H and O–H groups in total. The minimum absolute atomic E-state index is 0.0250. The van der Waals surface area contributed by atoms with Crippen molar-refractivity contribution >= 4 is 40.7 Å². The van der Waals surface area contributed by atoms with Crippen LogP contribution in [0.25, 0.3) is 0 Å². The van der Waals surface area contributed by atoms with Crippen LogP contribution in [0.4, 0.5) is 0 Å². The number of nitrogens with one attached hydrogen (secondary N) is 1. The van der Waals surface area contributed by atoms with Crippen LogP contribution in [0.3, 0.4) is 0 Å². The SMILES string of the molecule is Cc1ccc(C(=O)[C@@H]2Sc3nnc(C4CCCCC4)n3N[C@H]2c2cccc(Cl)c2Cl)cc1. The Morgan fingerprint density at radius 1 is 1.06 bits per heavy atom. The van der Waals surface area contributed by atoms with Gasteiger partial charge in [0.25, 0.3) is 0 Å². The van der Waals surface area contributed by atoms with Crippen LogP contribution in [-0.2, 0) is 0 Å². The van der Waals surface area contributed by atoms with Crippen LogP contribution in [0.2, 0.25) is 10.0 Å². The third kappa shape index (κ3) is 4.04. The molecular weight excluding hydrogens is 463 g/mol. The number of carbonyl (C=O) groups is 1. The number of ketones is 1. The summed E-state index contributed by atoms with van der Waals surface area (Å²) in [6.45, 7) is 2.01. The van der Waals surface area contributed by atoms with Crippen LogP contribution in [0, 0.1) is 6.92 Å². The van der Waals surface area contributed by atoms with Gasteiger partial charge in [-0.1, -0.05) is 96.2 Å². The number of aromatic nitrogens is 3. The van der Waals surface area contributed by atoms with Crippen LogP contribution < -0.4 is 5.43 Å². The number of hydrogen-bond acceptors (Lipinski definition) is 5. The van der Waals surface area contributed by atoms with Gasteiger partial charge in [0.2, 0.25) is 5.16 Å². The van der Waals surface area contributed by atoms with Gasteiger partial charge in [0.05, 0.1) is 16.1 Å². The molecule has 5 nitrogen and oxygen atoms in total. The molecule has 166 valence electrons. The molecule has 0 bridgehead atoms. The topological polar surface area (TPSA) is 59.8 Å². The predicted molar refractivity (Wildman–Crippen MR) is 130 cm³/mol. The minimum atomic E-state index is -0.454. The highest BCUT2D eigenvalue weighted by Crippen LogP contribution is 2.43. The van der Waals surface area contributed by atoms with Crippen molar-refractivity contribution in [3.8, 4) is 0 Å². The van der Waals surface area contributed by atoms with E-state index in [9.17, 15) is 4.79 Å². The standard InChI is InChI=1S/C24H24Cl2N4OS/c1-14-10-12-15(13-11-14)21(31)22-20(17-8-5-9-18(25)19(17)26)29-30-23(27-28-24(30)32-22)16-6-3-2-4-7-16/h5,8-13,16,20,22,29H,2-4,6-7H2,1H3/t20-,22+/m0/s1. The lowest BCUT2D eigenvalue weighted by Crippen LogP contribution is -2.40. The molecule has 2 heterocycles. The highest BCUT2D eigenvalue weighted by atomic mass is 35.5. The molecule has 0 saturated heterocycles. The smallest absolute Gasteiger partial charge is 0.210 e. The summed E-state index contributed by atoms with van der Waals surface area (Å²) in [7, 11) is 0. The normalized spacial score (nSPS) is 21.1. The summed E-state index contributed by atoms with van der Waals surface area (Å²) in [6, 6.07) is 12.9. The first kappa shape index (κ1) is 21.8. The van der Waals surface area contributed by atoms with E-state index < -0.39 is 5.25 Å². The molecule has 0 amide bonds. The number of thioether (sulfide) groups is 1. The monoisotopic (exact) mass is 486 g/mol. The van der Waals surface area contributed by atoms with E-state index in [1.54, 1.807) is 6.07 Å². The van der Waals surface area contributed by atoms with Gasteiger partial charge >= 0.3 is 0 Å². The Kier molecular flexibility index (Phi) is 6.19. The summed E-state index contributed by atoms with van der Waals surface area (Å²) in [6.07, 6.45) is 5.90. The first-order chi connectivity index (χ1) is 15.5. The van der Waals surface area contributed by atoms with Crippen molar-refractivity contribution in [1.29, 1.82) is 0 Å². The number of hydrogen-bond donors (Lipinski definition) is 1. The fourth-order valence-electron chi connectivity index (χ4n) is 4.57. The highest BCUT2D eigenvalue weighted by Gasteiger charge is 2.40. The lowest BCUT2D eigenvalue weighted by Gasteiger charge is -2.34. The Morgan fingerprint density at radius 3 is 2.56 bits per heavy atom. The zero-order chi connectivity index (χ0) is 22.2. The third-order valence-corrected chi connectivity index (χ3v) is 8.39. The highest BCUT2D eigenvalue weighted by molar-refractivity contribution is 8.00. The number of nitrogens with zero attached hydrogens (tertiary/aromatic N) is 3. The first-order valence-electron chi connectivity index (χ1n) is 11.0. The Bertz CT molecular complexity index is 1140. The van der Waals surface area contributed by atoms with E-state index in [1.165, 1.54) is 31.0 Å². The van der Waals surface area contributed by atoms with Crippen molar-refractivity contribution in [3.63, 3.8) is 0 Å². The maximum absolute atomic E-state index is 13.6. The molecule has 2 aliphatic rings. The summed E-state index contributed by atoms with van der Waals surface area (Å²) in [5.41, 5.74) is 6.12. The lowest BCUT2D eigenvalue weighted by molar-refractivity contribution is 0.0980. The zero-order valence-electron chi connectivity index (χ0n) is 17.7. The van der Waals surface area contributed by atoms with E-state index in [0.29, 0.717) is 26.7 Å². The molecule has 1 aliphatic carbocycles. The van der Waals surface area contributed by atoms with Gasteiger partial charge in [0, 0.05) is 11.5 Å². The molecule has 1 aromatic heterocycles. The van der Waals surface area contributed by atoms with Crippen LogP contribution in [0.15, 0.2) is 47.6 Å². The van der Waals surface area contributed by atoms with Crippen molar-refractivity contribution in [2.24, 2.45) is 0 Å². The largest absolute Gasteiger partial charge is 0.313 e. The molecule has 2 aromatic carbocycles. The van der Waals surface area contributed by atoms with Gasteiger partial charge in [0.15, 0.2) is 11.6 Å². The van der Waals surface area contributed by atoms with Crippen molar-refractivity contribution in [2.75, 3.05) is 5.43 Å². The van der Waals surface area contributed by atoms with Gasteiger partial charge in [-0.25, -0.2) is 4.68 Å². The maximum Gasteiger partial charge on any atom is 0.210 e. The van der Waals surface area contributed by atoms with Crippen LogP contribution in [0.1, 0.15) is 71.4 Å². The van der Waals surface area contributed by atoms with E-state index in [2.05, 4.69) is 15.6 Å². The number of Topliss-reactive ketones (excluding diaryl/α,β-unsaturated/α-hetero) is 1. The number of carbonyl (C=O) groups excluding carboxylic acids is 1. The number of rotatable bonds is 4. The van der Waals surface area contributed by atoms with Crippen LogP contribution in [0.5, 0.6) is 0 Å². The van der Waals surface area contributed by atoms with Crippen molar-refractivity contribution < 1.29 is 4.79 Å². The summed E-state index contributed by atoms with van der Waals surface area (Å²) < 4.78 is 1.97. The second-order valence-corrected chi connectivity index (χ2v) is 10.4. The van der Waals surface area contributed by atoms with Gasteiger partial charge in [-0.2, -0.15) is 0 Å². The van der Waals surface area contributed by atoms with Crippen molar-refractivity contribution in [1.82, 2.24) is 14.9 Å². The molecule has 8 heteroatoms. The third-order valence-electron chi connectivity index (χ3n) is 6.34. The van der Waals surface area contributed by atoms with E-state index in [1.807, 2.05) is 48.0 Å². The lowest BCUT2D eigenvalue weighted by atomic mass is 9.89. The van der Waals surface area contributed by atoms with Gasteiger partial charge in [-0.15, -0.1) is 10.2 Å². The van der Waals surface area contributed by atoms with Gasteiger partial charge in [-0.05, 0) is 31.4 Å². The Labute approximate surface area is 201 Å². The summed E-state index contributed by atoms with van der Waals surface area (Å²) >= 11 is 14.4. The molecule has 3 aromatic rings. The van der Waals surface area contributed by atoms with Crippen LogP contribution in [-0.4, -0.2) is 25.9 Å². The first-order valence-corrected chi connectivity index (χ1v) is 12.6. The van der Waals surface area contributed by atoms with Crippen molar-refractivity contribution in [2.45, 2.75) is 61.4 Å². The summed E-state index contributed by atoms with van der Waals surface area (Å²) in [4.78, 5) is 13.6. The number of benzene rings is 2. The number of aryl methyl sites for hydroxylation is 1. The fourth-order valence-corrected chi connectivity index (χ4v) is 6.15. The molecule has 0 radical (unpaired) electrons. The Morgan fingerprint density at radius 2 is 1.81 bits per heavy atom. The number of fused-ring (bicyclic) bond motifs is 1. The molecule has 0 unspecified atom stereocenters. The van der Waals surface area contributed by atoms with Gasteiger partial charge in [-0.3, -0.25) is 4.79 Å². The van der Waals surface area contributed by atoms with Gasteiger partial charge < -0.3 is 5.43 Å². The summed E-state index contributed by atoms with van der Waals surface area (Å²) in [5.74, 6) is 1.34. The second kappa shape index (κ2) is 9.08. The van der Waals surface area contributed by atoms with E-state index >= 15 is 0 Å². The average molecular weight is 487 g/mol. The van der Waals surface area contributed by atoms with Gasteiger partial charge in [0.1, 0.15) is 5.25 Å². The molecule has 1 fully saturated rings. The Balaban J connectivity index is 1.56. The Hall–Kier alpha value is -2.02. The van der Waals surface area contributed by atoms with Crippen LogP contribution >= 0.6 is 35.0 Å². The van der Waals surface area contributed by atoms with Crippen molar-refractivity contribution in [3.05, 3.63) is 75.0 Å². The molecule has 1 aliphatic heterocycles. The molecule has 0 spiro atoms. The van der Waals surface area contributed by atoms with E-state index in [4.69, 9.17) is 23.2 Å². The maximum atomic E-state index is 13.6. The molecule has 2 atom stereocenters. The summed E-state index contributed by atoms with van der Waals surface area (Å²) in [5, 5.41) is 10.2.